The van der Waals surface area contributed by atoms with Crippen molar-refractivity contribution in [2.24, 2.45) is 5.41 Å². The van der Waals surface area contributed by atoms with E-state index in [-0.39, 0.29) is 16.2 Å². The molecular weight excluding hydrogens is 406 g/mol. The third kappa shape index (κ3) is 3.43. The second-order valence-electron chi connectivity index (χ2n) is 11.9. The summed E-state index contributed by atoms with van der Waals surface area (Å²) in [4.78, 5) is 2.08. The van der Waals surface area contributed by atoms with E-state index < -0.39 is 0 Å². The van der Waals surface area contributed by atoms with Gasteiger partial charge < -0.3 is 5.11 Å². The highest BCUT2D eigenvalue weighted by Gasteiger charge is 2.36. The molecule has 5 rings (SSSR count). The zero-order valence-corrected chi connectivity index (χ0v) is 20.8. The predicted molar refractivity (Wildman–Crippen MR) is 136 cm³/mol. The maximum Gasteiger partial charge on any atom is 0.146 e. The van der Waals surface area contributed by atoms with Crippen LogP contribution in [0.1, 0.15) is 71.6 Å². The van der Waals surface area contributed by atoms with Crippen LogP contribution < -0.4 is 0 Å². The van der Waals surface area contributed by atoms with Gasteiger partial charge in [-0.25, -0.2) is 0 Å². The van der Waals surface area contributed by atoms with Gasteiger partial charge in [0.05, 0.1) is 0 Å². The van der Waals surface area contributed by atoms with Crippen LogP contribution in [0, 0.1) is 5.41 Å². The Morgan fingerprint density at radius 3 is 1.79 bits per heavy atom. The summed E-state index contributed by atoms with van der Waals surface area (Å²) in [6.07, 6.45) is 0.968. The summed E-state index contributed by atoms with van der Waals surface area (Å²) in [5.41, 5.74) is 6.39. The average molecular weight is 442 g/mol. The Kier molecular flexibility index (Phi) is 4.55. The van der Waals surface area contributed by atoms with E-state index >= 15 is 0 Å². The molecule has 172 valence electrons. The van der Waals surface area contributed by atoms with Gasteiger partial charge >= 0.3 is 0 Å². The minimum atomic E-state index is -0.206. The fraction of sp³-hybridized carbons (Fsp3) is 0.379. The summed E-state index contributed by atoms with van der Waals surface area (Å²) in [6.45, 7) is 15.8. The standard InChI is InChI=1S/C29H35N3O/c1-27(2,3)19-28(4,5)22-17-21(29(6,7)20-13-9-8-10-14-20)18-25(26(22)33)32-30-23-15-11-12-16-24(23)31(30)32/h8-18,33H,19H2,1-7H3. The maximum atomic E-state index is 11.6. The van der Waals surface area contributed by atoms with Gasteiger partial charge in [0.15, 0.2) is 0 Å². The van der Waals surface area contributed by atoms with Crippen LogP contribution in [0.25, 0.3) is 16.7 Å². The van der Waals surface area contributed by atoms with Crippen LogP contribution in [0.3, 0.4) is 0 Å². The molecule has 0 aliphatic heterocycles. The van der Waals surface area contributed by atoms with E-state index in [0.717, 1.165) is 17.7 Å². The number of phenols is 1. The number of hydrogen-bond acceptors (Lipinski definition) is 1. The lowest BCUT2D eigenvalue weighted by Crippen LogP contribution is -2.27. The highest BCUT2D eigenvalue weighted by atomic mass is 16.3. The second-order valence-corrected chi connectivity index (χ2v) is 11.9. The minimum Gasteiger partial charge on any atom is -0.505 e. The Hall–Kier alpha value is -3.14. The first-order valence-corrected chi connectivity index (χ1v) is 11.8. The number of para-hydroxylation sites is 2. The molecule has 0 aliphatic carbocycles. The monoisotopic (exact) mass is 441 g/mol. The van der Waals surface area contributed by atoms with Crippen LogP contribution in [0.4, 0.5) is 0 Å². The van der Waals surface area contributed by atoms with Crippen molar-refractivity contribution in [3.05, 3.63) is 83.4 Å². The smallest absolute Gasteiger partial charge is 0.146 e. The SMILES string of the molecule is CC(C)(C)CC(C)(C)c1cc(C(C)(C)c2ccccc2)cc(-n2n3c4ccccc4n23)c1O. The van der Waals surface area contributed by atoms with Gasteiger partial charge in [-0.2, -0.15) is 0 Å². The first-order chi connectivity index (χ1) is 15.4. The summed E-state index contributed by atoms with van der Waals surface area (Å²) in [5.74, 6) is 0.372. The van der Waals surface area contributed by atoms with Gasteiger partial charge in [-0.15, -0.1) is 14.1 Å². The summed E-state index contributed by atoms with van der Waals surface area (Å²) in [6, 6.07) is 23.4. The number of hydrogen-bond donors (Lipinski definition) is 1. The van der Waals surface area contributed by atoms with Crippen molar-refractivity contribution in [3.63, 3.8) is 0 Å². The number of aromatic hydroxyl groups is 1. The van der Waals surface area contributed by atoms with E-state index in [4.69, 9.17) is 0 Å². The molecule has 0 spiro atoms. The number of aromatic nitrogens is 3. The van der Waals surface area contributed by atoms with E-state index in [9.17, 15) is 5.11 Å². The fourth-order valence-electron chi connectivity index (χ4n) is 5.59. The van der Waals surface area contributed by atoms with Crippen molar-refractivity contribution in [1.82, 2.24) is 14.1 Å². The largest absolute Gasteiger partial charge is 0.505 e. The number of fused-ring (bicyclic) bond motifs is 4. The summed E-state index contributed by atoms with van der Waals surface area (Å²) in [5, 5.41) is 11.6. The Bertz CT molecular complexity index is 1380. The third-order valence-electron chi connectivity index (χ3n) is 7.04. The van der Waals surface area contributed by atoms with Crippen molar-refractivity contribution in [1.29, 1.82) is 0 Å². The lowest BCUT2D eigenvalue weighted by atomic mass is 9.70. The molecule has 0 unspecified atom stereocenters. The Labute approximate surface area is 196 Å². The summed E-state index contributed by atoms with van der Waals surface area (Å²) in [7, 11) is 0. The van der Waals surface area contributed by atoms with Crippen LogP contribution in [-0.2, 0) is 10.8 Å². The molecule has 4 nitrogen and oxygen atoms in total. The Morgan fingerprint density at radius 2 is 1.24 bits per heavy atom. The molecule has 0 fully saturated rings. The molecule has 0 radical (unpaired) electrons. The van der Waals surface area contributed by atoms with Crippen molar-refractivity contribution < 1.29 is 5.11 Å². The number of rotatable bonds is 5. The predicted octanol–water partition coefficient (Wildman–Crippen LogP) is 7.17. The van der Waals surface area contributed by atoms with Gasteiger partial charge in [0, 0.05) is 11.0 Å². The zero-order chi connectivity index (χ0) is 23.8. The molecule has 1 N–H and O–H groups in total. The molecule has 33 heavy (non-hydrogen) atoms. The van der Waals surface area contributed by atoms with E-state index in [1.165, 1.54) is 22.2 Å². The summed E-state index contributed by atoms with van der Waals surface area (Å²) >= 11 is 0. The second kappa shape index (κ2) is 6.93. The van der Waals surface area contributed by atoms with Crippen molar-refractivity contribution >= 4 is 11.0 Å². The van der Waals surface area contributed by atoms with Crippen molar-refractivity contribution in [2.75, 3.05) is 0 Å². The van der Waals surface area contributed by atoms with E-state index in [0.29, 0.717) is 5.75 Å². The Morgan fingerprint density at radius 1 is 0.697 bits per heavy atom. The van der Waals surface area contributed by atoms with E-state index in [1.807, 2.05) is 0 Å². The topological polar surface area (TPSA) is 34.0 Å². The number of nitrogens with zero attached hydrogens (tertiary/aromatic N) is 3. The molecule has 5 aromatic rings. The lowest BCUT2D eigenvalue weighted by molar-refractivity contribution is 0.278. The molecule has 0 saturated carbocycles. The molecule has 0 saturated heterocycles. The average Bonchev–Trinajstić information content (AvgIpc) is 3.39. The molecule has 2 aromatic heterocycles. The van der Waals surface area contributed by atoms with Gasteiger partial charge in [-0.1, -0.05) is 97.0 Å². The Balaban J connectivity index is 1.73. The normalized spacial score (nSPS) is 13.5. The highest BCUT2D eigenvalue weighted by Crippen LogP contribution is 2.46. The summed E-state index contributed by atoms with van der Waals surface area (Å²) < 4.78 is 4.23. The van der Waals surface area contributed by atoms with Crippen molar-refractivity contribution in [3.8, 4) is 11.4 Å². The van der Waals surface area contributed by atoms with Crippen LogP contribution in [0.5, 0.6) is 5.75 Å². The maximum absolute atomic E-state index is 11.6. The van der Waals surface area contributed by atoms with Gasteiger partial charge in [0.1, 0.15) is 22.5 Å². The number of benzene rings is 3. The van der Waals surface area contributed by atoms with Crippen molar-refractivity contribution in [2.45, 2.75) is 65.7 Å². The molecule has 2 heterocycles. The lowest BCUT2D eigenvalue weighted by Gasteiger charge is -2.35. The third-order valence-corrected chi connectivity index (χ3v) is 7.04. The molecule has 0 aliphatic rings. The van der Waals surface area contributed by atoms with Crippen LogP contribution in [-0.4, -0.2) is 19.2 Å². The molecule has 3 aromatic carbocycles. The zero-order valence-electron chi connectivity index (χ0n) is 20.8. The van der Waals surface area contributed by atoms with Gasteiger partial charge in [-0.05, 0) is 46.6 Å². The van der Waals surface area contributed by atoms with E-state index in [2.05, 4.69) is 129 Å². The molecular formula is C29H35N3O. The minimum absolute atomic E-state index is 0.142. The van der Waals surface area contributed by atoms with Crippen LogP contribution >= 0.6 is 0 Å². The quantitative estimate of drug-likeness (QED) is 0.308. The molecule has 0 atom stereocenters. The van der Waals surface area contributed by atoms with Gasteiger partial charge in [0.2, 0.25) is 0 Å². The highest BCUT2D eigenvalue weighted by molar-refractivity contribution is 5.79. The van der Waals surface area contributed by atoms with Gasteiger partial charge in [-0.3, -0.25) is 0 Å². The molecule has 0 amide bonds. The first kappa shape index (κ1) is 21.7. The molecule has 0 bridgehead atoms. The molecule has 4 heteroatoms. The fourth-order valence-corrected chi connectivity index (χ4v) is 5.59. The number of phenolic OH excluding ortho intramolecular Hbond substituents is 1. The first-order valence-electron chi connectivity index (χ1n) is 11.8. The van der Waals surface area contributed by atoms with Gasteiger partial charge in [0.25, 0.3) is 0 Å². The van der Waals surface area contributed by atoms with E-state index in [1.54, 1.807) is 0 Å². The van der Waals surface area contributed by atoms with Crippen LogP contribution in [0.15, 0.2) is 66.7 Å². The van der Waals surface area contributed by atoms with Crippen LogP contribution in [0.2, 0.25) is 0 Å².